The lowest BCUT2D eigenvalue weighted by atomic mass is 10.0. The zero-order chi connectivity index (χ0) is 16.7. The highest BCUT2D eigenvalue weighted by Crippen LogP contribution is 2.09. The molecule has 23 heavy (non-hydrogen) atoms. The second-order valence-corrected chi connectivity index (χ2v) is 6.21. The van der Waals surface area contributed by atoms with E-state index >= 15 is 0 Å². The van der Waals surface area contributed by atoms with E-state index in [4.69, 9.17) is 17.3 Å². The van der Waals surface area contributed by atoms with Crippen LogP contribution in [-0.4, -0.2) is 30.4 Å². The summed E-state index contributed by atoms with van der Waals surface area (Å²) in [6, 6.07) is 5.78. The molecule has 0 aromatic heterocycles. The predicted molar refractivity (Wildman–Crippen MR) is 96.1 cm³/mol. The summed E-state index contributed by atoms with van der Waals surface area (Å²) in [6.07, 6.45) is 0.806. The van der Waals surface area contributed by atoms with E-state index in [1.165, 1.54) is 0 Å². The molecule has 1 rings (SSSR count). The van der Waals surface area contributed by atoms with Crippen LogP contribution in [0.5, 0.6) is 0 Å². The maximum Gasteiger partial charge on any atom is 0.251 e. The number of nitrogens with one attached hydrogen (secondary N) is 2. The number of nitrogens with two attached hydrogens (primary N) is 1. The molecule has 1 aromatic carbocycles. The summed E-state index contributed by atoms with van der Waals surface area (Å²) in [5.41, 5.74) is 6.12. The average molecular weight is 362 g/mol. The van der Waals surface area contributed by atoms with E-state index in [1.54, 1.807) is 31.2 Å². The summed E-state index contributed by atoms with van der Waals surface area (Å²) >= 11 is 5.78. The maximum absolute atomic E-state index is 12.1. The molecule has 0 radical (unpaired) electrons. The van der Waals surface area contributed by atoms with Crippen molar-refractivity contribution in [3.63, 3.8) is 0 Å². The third kappa shape index (κ3) is 7.68. The molecule has 0 saturated carbocycles. The second-order valence-electron chi connectivity index (χ2n) is 5.77. The molecular weight excluding hydrogens is 337 g/mol. The molecule has 7 heteroatoms. The molecule has 0 fully saturated rings. The van der Waals surface area contributed by atoms with Gasteiger partial charge in [-0.3, -0.25) is 9.59 Å². The van der Waals surface area contributed by atoms with E-state index in [0.717, 1.165) is 6.42 Å². The number of rotatable bonds is 7. The summed E-state index contributed by atoms with van der Waals surface area (Å²) in [5.74, 6) is -0.112. The van der Waals surface area contributed by atoms with Crippen molar-refractivity contribution in [2.75, 3.05) is 6.54 Å². The molecule has 0 heterocycles. The van der Waals surface area contributed by atoms with Gasteiger partial charge >= 0.3 is 0 Å². The minimum Gasteiger partial charge on any atom is -0.350 e. The van der Waals surface area contributed by atoms with Crippen molar-refractivity contribution >= 4 is 35.8 Å². The molecule has 2 unspecified atom stereocenters. The van der Waals surface area contributed by atoms with E-state index in [2.05, 4.69) is 24.5 Å². The van der Waals surface area contributed by atoms with Gasteiger partial charge in [-0.25, -0.2) is 0 Å². The summed E-state index contributed by atoms with van der Waals surface area (Å²) in [6.45, 7) is 6.16. The van der Waals surface area contributed by atoms with Crippen molar-refractivity contribution in [3.8, 4) is 0 Å². The Morgan fingerprint density at radius 1 is 1.13 bits per heavy atom. The lowest BCUT2D eigenvalue weighted by Crippen LogP contribution is -2.50. The monoisotopic (exact) mass is 361 g/mol. The SMILES string of the molecule is CC(C)CC(CN)NC(=O)C(C)NC(=O)c1ccc(Cl)cc1.Cl. The number of carbonyl (C=O) groups excluding carboxylic acids is 2. The van der Waals surface area contributed by atoms with Gasteiger partial charge in [-0.05, 0) is 43.5 Å². The van der Waals surface area contributed by atoms with E-state index in [-0.39, 0.29) is 30.3 Å². The number of benzene rings is 1. The molecule has 0 aliphatic rings. The molecule has 2 atom stereocenters. The maximum atomic E-state index is 12.1. The van der Waals surface area contributed by atoms with Crippen LogP contribution in [0.2, 0.25) is 5.02 Å². The van der Waals surface area contributed by atoms with Crippen molar-refractivity contribution < 1.29 is 9.59 Å². The second kappa shape index (κ2) is 10.5. The van der Waals surface area contributed by atoms with E-state index in [9.17, 15) is 9.59 Å². The molecule has 5 nitrogen and oxygen atoms in total. The normalized spacial score (nSPS) is 13.0. The number of amides is 2. The van der Waals surface area contributed by atoms with Crippen LogP contribution in [0.25, 0.3) is 0 Å². The number of hydrogen-bond acceptors (Lipinski definition) is 3. The van der Waals surface area contributed by atoms with Gasteiger partial charge in [-0.1, -0.05) is 25.4 Å². The Kier molecular flexibility index (Phi) is 9.88. The van der Waals surface area contributed by atoms with Gasteiger partial charge in [0.05, 0.1) is 0 Å². The first-order valence-corrected chi connectivity index (χ1v) is 7.78. The van der Waals surface area contributed by atoms with E-state index in [1.807, 2.05) is 0 Å². The molecule has 130 valence electrons. The van der Waals surface area contributed by atoms with Gasteiger partial charge < -0.3 is 16.4 Å². The van der Waals surface area contributed by atoms with Crippen LogP contribution in [0.4, 0.5) is 0 Å². The van der Waals surface area contributed by atoms with Crippen molar-refractivity contribution in [2.24, 2.45) is 11.7 Å². The zero-order valence-electron chi connectivity index (χ0n) is 13.6. The van der Waals surface area contributed by atoms with Crippen molar-refractivity contribution in [1.29, 1.82) is 0 Å². The number of halogens is 2. The summed E-state index contributed by atoms with van der Waals surface area (Å²) in [5, 5.41) is 6.08. The van der Waals surface area contributed by atoms with Crippen molar-refractivity contribution in [1.82, 2.24) is 10.6 Å². The van der Waals surface area contributed by atoms with Crippen LogP contribution >= 0.6 is 24.0 Å². The fourth-order valence-corrected chi connectivity index (χ4v) is 2.18. The van der Waals surface area contributed by atoms with Gasteiger partial charge in [-0.15, -0.1) is 12.4 Å². The van der Waals surface area contributed by atoms with Crippen LogP contribution < -0.4 is 16.4 Å². The largest absolute Gasteiger partial charge is 0.350 e. The highest BCUT2D eigenvalue weighted by atomic mass is 35.5. The van der Waals surface area contributed by atoms with E-state index in [0.29, 0.717) is 23.0 Å². The molecular formula is C16H25Cl2N3O2. The van der Waals surface area contributed by atoms with Gasteiger partial charge in [0, 0.05) is 23.2 Å². The first kappa shape index (κ1) is 21.7. The first-order chi connectivity index (χ1) is 10.3. The quantitative estimate of drug-likeness (QED) is 0.696. The van der Waals surface area contributed by atoms with Crippen LogP contribution in [0.1, 0.15) is 37.6 Å². The standard InChI is InChI=1S/C16H24ClN3O2.ClH/c1-10(2)8-14(9-18)20-15(21)11(3)19-16(22)12-4-6-13(17)7-5-12;/h4-7,10-11,14H,8-9,18H2,1-3H3,(H,19,22)(H,20,21);1H. The Bertz CT molecular complexity index is 507. The van der Waals surface area contributed by atoms with Gasteiger partial charge in [-0.2, -0.15) is 0 Å². The van der Waals surface area contributed by atoms with Crippen molar-refractivity contribution in [3.05, 3.63) is 34.9 Å². The fourth-order valence-electron chi connectivity index (χ4n) is 2.06. The molecule has 0 bridgehead atoms. The Morgan fingerprint density at radius 3 is 2.17 bits per heavy atom. The minimum atomic E-state index is -0.635. The molecule has 0 spiro atoms. The molecule has 2 amide bonds. The molecule has 0 aliphatic carbocycles. The first-order valence-electron chi connectivity index (χ1n) is 7.40. The minimum absolute atomic E-state index is 0. The summed E-state index contributed by atoms with van der Waals surface area (Å²) in [4.78, 5) is 24.2. The summed E-state index contributed by atoms with van der Waals surface area (Å²) < 4.78 is 0. The average Bonchev–Trinajstić information content (AvgIpc) is 2.46. The third-order valence-corrected chi connectivity index (χ3v) is 3.49. The van der Waals surface area contributed by atoms with Crippen LogP contribution in [0, 0.1) is 5.92 Å². The van der Waals surface area contributed by atoms with Crippen molar-refractivity contribution in [2.45, 2.75) is 39.3 Å². The lowest BCUT2D eigenvalue weighted by molar-refractivity contribution is -0.123. The van der Waals surface area contributed by atoms with Gasteiger partial charge in [0.2, 0.25) is 5.91 Å². The van der Waals surface area contributed by atoms with Gasteiger partial charge in [0.25, 0.3) is 5.91 Å². The lowest BCUT2D eigenvalue weighted by Gasteiger charge is -2.21. The molecule has 0 aliphatic heterocycles. The Labute approximate surface area is 148 Å². The van der Waals surface area contributed by atoms with E-state index < -0.39 is 6.04 Å². The molecule has 4 N–H and O–H groups in total. The Morgan fingerprint density at radius 2 is 1.70 bits per heavy atom. The third-order valence-electron chi connectivity index (χ3n) is 3.23. The Hall–Kier alpha value is -1.30. The number of carbonyl (C=O) groups is 2. The number of hydrogen-bond donors (Lipinski definition) is 3. The van der Waals surface area contributed by atoms with Gasteiger partial charge in [0.1, 0.15) is 6.04 Å². The smallest absolute Gasteiger partial charge is 0.251 e. The molecule has 1 aromatic rings. The Balaban J connectivity index is 0.00000484. The van der Waals surface area contributed by atoms with Gasteiger partial charge in [0.15, 0.2) is 0 Å². The van der Waals surface area contributed by atoms with Crippen LogP contribution in [-0.2, 0) is 4.79 Å². The highest BCUT2D eigenvalue weighted by Gasteiger charge is 2.19. The zero-order valence-corrected chi connectivity index (χ0v) is 15.2. The predicted octanol–water partition coefficient (Wildman–Crippen LogP) is 2.37. The van der Waals surface area contributed by atoms with Crippen LogP contribution in [0.3, 0.4) is 0 Å². The molecule has 0 saturated heterocycles. The topological polar surface area (TPSA) is 84.2 Å². The highest BCUT2D eigenvalue weighted by molar-refractivity contribution is 6.30. The van der Waals surface area contributed by atoms with Crippen LogP contribution in [0.15, 0.2) is 24.3 Å². The fraction of sp³-hybridized carbons (Fsp3) is 0.500. The summed E-state index contributed by atoms with van der Waals surface area (Å²) in [7, 11) is 0.